The van der Waals surface area contributed by atoms with Crippen LogP contribution in [0, 0.1) is 0 Å². The number of aromatic nitrogens is 4. The van der Waals surface area contributed by atoms with Crippen LogP contribution in [0.2, 0.25) is 0 Å². The molecule has 0 bridgehead atoms. The molecule has 3 rings (SSSR count). The van der Waals surface area contributed by atoms with Crippen LogP contribution in [-0.4, -0.2) is 19.8 Å². The Labute approximate surface area is 86.2 Å². The fraction of sp³-hybridized carbons (Fsp3) is 0. The van der Waals surface area contributed by atoms with Gasteiger partial charge >= 0.3 is 0 Å². The topological polar surface area (TPSA) is 43.1 Å². The quantitative estimate of drug-likeness (QED) is 0.596. The van der Waals surface area contributed by atoms with Gasteiger partial charge in [-0.05, 0) is 5.56 Å². The lowest BCUT2D eigenvalue weighted by Crippen LogP contribution is -1.89. The minimum absolute atomic E-state index is 0.969. The van der Waals surface area contributed by atoms with E-state index in [4.69, 9.17) is 0 Å². The predicted octanol–water partition coefficient (Wildman–Crippen LogP) is 1.79. The highest BCUT2D eigenvalue weighted by atomic mass is 15.3. The van der Waals surface area contributed by atoms with E-state index in [-0.39, 0.29) is 0 Å². The molecule has 2 heterocycles. The molecule has 1 aromatic carbocycles. The second-order valence-corrected chi connectivity index (χ2v) is 3.23. The molecule has 0 aliphatic carbocycles. The van der Waals surface area contributed by atoms with Crippen molar-refractivity contribution < 1.29 is 0 Å². The molecule has 4 heteroatoms. The normalized spacial score (nSPS) is 10.7. The van der Waals surface area contributed by atoms with Crippen molar-refractivity contribution in [1.82, 2.24) is 19.8 Å². The first-order valence-corrected chi connectivity index (χ1v) is 4.64. The van der Waals surface area contributed by atoms with Gasteiger partial charge in [-0.3, -0.25) is 0 Å². The average Bonchev–Trinajstić information content (AvgIpc) is 2.74. The van der Waals surface area contributed by atoms with Crippen LogP contribution in [0.4, 0.5) is 0 Å². The minimum Gasteiger partial charge on any atom is -0.218 e. The van der Waals surface area contributed by atoms with Gasteiger partial charge in [0, 0.05) is 5.56 Å². The molecule has 3 aromatic rings. The predicted molar refractivity (Wildman–Crippen MR) is 56.2 cm³/mol. The lowest BCUT2D eigenvalue weighted by molar-refractivity contribution is 0.864. The van der Waals surface area contributed by atoms with Gasteiger partial charge in [0.15, 0.2) is 0 Å². The van der Waals surface area contributed by atoms with Gasteiger partial charge < -0.3 is 0 Å². The highest BCUT2D eigenvalue weighted by molar-refractivity contribution is 5.78. The van der Waals surface area contributed by atoms with Gasteiger partial charge in [-0.2, -0.15) is 10.2 Å². The minimum atomic E-state index is 0.969. The van der Waals surface area contributed by atoms with Gasteiger partial charge in [-0.15, -0.1) is 5.10 Å². The standard InChI is InChI=1S/C11H8N4/c1-2-4-9(5-3-1)10-6-14-15-8-13-12-7-11(10)15/h1-8H. The molecule has 0 N–H and O–H groups in total. The van der Waals surface area contributed by atoms with Gasteiger partial charge in [-0.25, -0.2) is 4.52 Å². The third kappa shape index (κ3) is 1.27. The zero-order valence-electron chi connectivity index (χ0n) is 7.91. The van der Waals surface area contributed by atoms with Crippen molar-refractivity contribution in [3.05, 3.63) is 49.1 Å². The van der Waals surface area contributed by atoms with Crippen molar-refractivity contribution in [2.24, 2.45) is 0 Å². The van der Waals surface area contributed by atoms with E-state index in [1.807, 2.05) is 24.4 Å². The second kappa shape index (κ2) is 3.16. The zero-order chi connectivity index (χ0) is 10.1. The molecule has 0 spiro atoms. The zero-order valence-corrected chi connectivity index (χ0v) is 7.91. The number of hydrogen-bond donors (Lipinski definition) is 0. The van der Waals surface area contributed by atoms with Crippen molar-refractivity contribution in [3.8, 4) is 11.1 Å². The molecule has 0 unspecified atom stereocenters. The molecule has 2 aromatic heterocycles. The second-order valence-electron chi connectivity index (χ2n) is 3.23. The third-order valence-corrected chi connectivity index (χ3v) is 2.33. The largest absolute Gasteiger partial charge is 0.218 e. The van der Waals surface area contributed by atoms with E-state index in [2.05, 4.69) is 27.4 Å². The van der Waals surface area contributed by atoms with Crippen LogP contribution in [0.25, 0.3) is 16.6 Å². The molecule has 0 aliphatic rings. The van der Waals surface area contributed by atoms with E-state index in [1.165, 1.54) is 0 Å². The first-order valence-electron chi connectivity index (χ1n) is 4.64. The lowest BCUT2D eigenvalue weighted by atomic mass is 10.1. The van der Waals surface area contributed by atoms with E-state index in [9.17, 15) is 0 Å². The molecular weight excluding hydrogens is 188 g/mol. The fourth-order valence-electron chi connectivity index (χ4n) is 1.60. The van der Waals surface area contributed by atoms with Crippen molar-refractivity contribution >= 4 is 5.52 Å². The summed E-state index contributed by atoms with van der Waals surface area (Å²) >= 11 is 0. The summed E-state index contributed by atoms with van der Waals surface area (Å²) in [6.45, 7) is 0. The van der Waals surface area contributed by atoms with Gasteiger partial charge in [0.2, 0.25) is 0 Å². The molecular formula is C11H8N4. The van der Waals surface area contributed by atoms with Gasteiger partial charge in [0.05, 0.1) is 17.9 Å². The van der Waals surface area contributed by atoms with Gasteiger partial charge in [-0.1, -0.05) is 30.3 Å². The summed E-state index contributed by atoms with van der Waals surface area (Å²) in [5.74, 6) is 0. The van der Waals surface area contributed by atoms with E-state index >= 15 is 0 Å². The number of nitrogens with zero attached hydrogens (tertiary/aromatic N) is 4. The number of rotatable bonds is 1. The van der Waals surface area contributed by atoms with Crippen molar-refractivity contribution in [2.45, 2.75) is 0 Å². The first kappa shape index (κ1) is 8.11. The maximum atomic E-state index is 4.21. The number of hydrogen-bond acceptors (Lipinski definition) is 3. The molecule has 0 saturated heterocycles. The van der Waals surface area contributed by atoms with Crippen LogP contribution in [0.5, 0.6) is 0 Å². The summed E-state index contributed by atoms with van der Waals surface area (Å²) < 4.78 is 1.72. The van der Waals surface area contributed by atoms with Crippen LogP contribution < -0.4 is 0 Å². The van der Waals surface area contributed by atoms with Gasteiger partial charge in [0.1, 0.15) is 6.33 Å². The monoisotopic (exact) mass is 196 g/mol. The summed E-state index contributed by atoms with van der Waals surface area (Å²) in [7, 11) is 0. The Morgan fingerprint density at radius 3 is 2.67 bits per heavy atom. The van der Waals surface area contributed by atoms with Crippen molar-refractivity contribution in [3.63, 3.8) is 0 Å². The van der Waals surface area contributed by atoms with E-state index in [1.54, 1.807) is 17.0 Å². The Morgan fingerprint density at radius 2 is 1.80 bits per heavy atom. The van der Waals surface area contributed by atoms with Crippen LogP contribution in [0.1, 0.15) is 0 Å². The number of benzene rings is 1. The molecule has 0 aliphatic heterocycles. The average molecular weight is 196 g/mol. The molecule has 0 fully saturated rings. The summed E-state index contributed by atoms with van der Waals surface area (Å²) in [6.07, 6.45) is 5.14. The van der Waals surface area contributed by atoms with Crippen LogP contribution in [-0.2, 0) is 0 Å². The van der Waals surface area contributed by atoms with Crippen molar-refractivity contribution in [1.29, 1.82) is 0 Å². The van der Waals surface area contributed by atoms with Crippen LogP contribution in [0.3, 0.4) is 0 Å². The lowest BCUT2D eigenvalue weighted by Gasteiger charge is -1.96. The SMILES string of the molecule is c1ccc(-c2cnn3cnncc23)cc1. The maximum Gasteiger partial charge on any atom is 0.140 e. The van der Waals surface area contributed by atoms with E-state index in [0.717, 1.165) is 16.6 Å². The fourth-order valence-corrected chi connectivity index (χ4v) is 1.60. The molecule has 15 heavy (non-hydrogen) atoms. The summed E-state index contributed by atoms with van der Waals surface area (Å²) in [5.41, 5.74) is 3.18. The third-order valence-electron chi connectivity index (χ3n) is 2.33. The van der Waals surface area contributed by atoms with Crippen LogP contribution >= 0.6 is 0 Å². The molecule has 0 atom stereocenters. The Morgan fingerprint density at radius 1 is 0.933 bits per heavy atom. The Bertz CT molecular complexity index is 586. The summed E-state index contributed by atoms with van der Waals surface area (Å²) in [5, 5.41) is 11.8. The highest BCUT2D eigenvalue weighted by Crippen LogP contribution is 2.22. The first-order chi connectivity index (χ1) is 7.45. The maximum absolute atomic E-state index is 4.21. The summed E-state index contributed by atoms with van der Waals surface area (Å²) in [4.78, 5) is 0. The van der Waals surface area contributed by atoms with Crippen LogP contribution in [0.15, 0.2) is 49.1 Å². The Balaban J connectivity index is 2.28. The molecule has 0 saturated carbocycles. The van der Waals surface area contributed by atoms with Gasteiger partial charge in [0.25, 0.3) is 0 Å². The molecule has 4 nitrogen and oxygen atoms in total. The Hall–Kier alpha value is -2.23. The number of fused-ring (bicyclic) bond motifs is 1. The van der Waals surface area contributed by atoms with Crippen molar-refractivity contribution in [2.75, 3.05) is 0 Å². The van der Waals surface area contributed by atoms with E-state index < -0.39 is 0 Å². The highest BCUT2D eigenvalue weighted by Gasteiger charge is 2.05. The van der Waals surface area contributed by atoms with E-state index in [0.29, 0.717) is 0 Å². The molecule has 72 valence electrons. The smallest absolute Gasteiger partial charge is 0.140 e. The summed E-state index contributed by atoms with van der Waals surface area (Å²) in [6, 6.07) is 10.1. The Kier molecular flexibility index (Phi) is 1.71. The molecule has 0 amide bonds. The molecule has 0 radical (unpaired) electrons.